The number of anilines is 1. The van der Waals surface area contributed by atoms with Gasteiger partial charge in [0.15, 0.2) is 0 Å². The minimum absolute atomic E-state index is 0.0160. The first-order valence-electron chi connectivity index (χ1n) is 5.13. The van der Waals surface area contributed by atoms with Crippen molar-refractivity contribution < 1.29 is 9.84 Å². The van der Waals surface area contributed by atoms with Crippen LogP contribution in [0.2, 0.25) is 0 Å². The predicted molar refractivity (Wildman–Crippen MR) is 59.9 cm³/mol. The summed E-state index contributed by atoms with van der Waals surface area (Å²) >= 11 is 0. The van der Waals surface area contributed by atoms with E-state index in [0.29, 0.717) is 6.61 Å². The summed E-state index contributed by atoms with van der Waals surface area (Å²) in [4.78, 5) is 6.23. The summed E-state index contributed by atoms with van der Waals surface area (Å²) in [5.41, 5.74) is 0.844. The second kappa shape index (κ2) is 6.37. The lowest BCUT2D eigenvalue weighted by Crippen LogP contribution is -2.24. The number of pyridine rings is 1. The summed E-state index contributed by atoms with van der Waals surface area (Å²) in [5.74, 6) is 0.819. The molecule has 0 spiro atoms. The quantitative estimate of drug-likeness (QED) is 0.713. The summed E-state index contributed by atoms with van der Waals surface area (Å²) in [5, 5.41) is 9.14. The fourth-order valence-electron chi connectivity index (χ4n) is 1.35. The van der Waals surface area contributed by atoms with Gasteiger partial charge in [-0.3, -0.25) is 0 Å². The molecule has 0 radical (unpaired) electrons. The number of aliphatic hydroxyl groups is 1. The lowest BCUT2D eigenvalue weighted by Gasteiger charge is -2.20. The minimum atomic E-state index is 0.0160. The molecular weight excluding hydrogens is 192 g/mol. The number of aromatic nitrogens is 1. The fourth-order valence-corrected chi connectivity index (χ4v) is 1.35. The molecule has 4 nitrogen and oxygen atoms in total. The zero-order chi connectivity index (χ0) is 11.1. The van der Waals surface area contributed by atoms with Crippen molar-refractivity contribution in [2.24, 2.45) is 0 Å². The molecule has 0 saturated carbocycles. The Morgan fingerprint density at radius 1 is 1.53 bits per heavy atom. The molecule has 1 rings (SSSR count). The van der Waals surface area contributed by atoms with Gasteiger partial charge in [-0.05, 0) is 13.0 Å². The standard InChI is InChI=1S/C11H18N2O2/c1-3-15-8-7-13(2)11-10(9-14)5-4-6-12-11/h4-6,14H,3,7-9H2,1-2H3. The molecule has 0 aliphatic carbocycles. The van der Waals surface area contributed by atoms with Gasteiger partial charge in [0, 0.05) is 32.0 Å². The summed E-state index contributed by atoms with van der Waals surface area (Å²) < 4.78 is 5.27. The summed E-state index contributed by atoms with van der Waals surface area (Å²) in [6.07, 6.45) is 1.73. The van der Waals surface area contributed by atoms with E-state index in [0.717, 1.165) is 24.5 Å². The maximum atomic E-state index is 9.14. The van der Waals surface area contributed by atoms with Gasteiger partial charge in [0.05, 0.1) is 13.2 Å². The van der Waals surface area contributed by atoms with E-state index in [1.807, 2.05) is 31.0 Å². The molecule has 84 valence electrons. The average Bonchev–Trinajstić information content (AvgIpc) is 2.29. The monoisotopic (exact) mass is 210 g/mol. The molecule has 0 aromatic carbocycles. The highest BCUT2D eigenvalue weighted by molar-refractivity contribution is 5.45. The zero-order valence-corrected chi connectivity index (χ0v) is 9.31. The Hall–Kier alpha value is -1.13. The first-order chi connectivity index (χ1) is 7.29. The van der Waals surface area contributed by atoms with Crippen LogP contribution in [-0.2, 0) is 11.3 Å². The molecule has 1 N–H and O–H groups in total. The average molecular weight is 210 g/mol. The van der Waals surface area contributed by atoms with Crippen molar-refractivity contribution in [2.45, 2.75) is 13.5 Å². The van der Waals surface area contributed by atoms with Crippen molar-refractivity contribution in [3.05, 3.63) is 23.9 Å². The number of hydrogen-bond acceptors (Lipinski definition) is 4. The van der Waals surface area contributed by atoms with E-state index >= 15 is 0 Å². The van der Waals surface area contributed by atoms with Gasteiger partial charge in [0.25, 0.3) is 0 Å². The number of ether oxygens (including phenoxy) is 1. The highest BCUT2D eigenvalue weighted by atomic mass is 16.5. The van der Waals surface area contributed by atoms with Gasteiger partial charge in [-0.25, -0.2) is 4.98 Å². The van der Waals surface area contributed by atoms with Crippen LogP contribution in [0.4, 0.5) is 5.82 Å². The SMILES string of the molecule is CCOCCN(C)c1ncccc1CO. The van der Waals surface area contributed by atoms with E-state index in [1.54, 1.807) is 6.20 Å². The molecule has 0 aliphatic rings. The molecular formula is C11H18N2O2. The first-order valence-corrected chi connectivity index (χ1v) is 5.13. The summed E-state index contributed by atoms with van der Waals surface area (Å²) in [7, 11) is 1.94. The number of likely N-dealkylation sites (N-methyl/N-ethyl adjacent to an activating group) is 1. The molecule has 0 fully saturated rings. The molecule has 0 saturated heterocycles. The van der Waals surface area contributed by atoms with Gasteiger partial charge in [-0.1, -0.05) is 6.07 Å². The Bertz CT molecular complexity index is 292. The largest absolute Gasteiger partial charge is 0.392 e. The maximum absolute atomic E-state index is 9.14. The third-order valence-electron chi connectivity index (χ3n) is 2.17. The molecule has 0 atom stereocenters. The van der Waals surface area contributed by atoms with Crippen molar-refractivity contribution in [1.82, 2.24) is 4.98 Å². The third-order valence-corrected chi connectivity index (χ3v) is 2.17. The van der Waals surface area contributed by atoms with E-state index < -0.39 is 0 Å². The van der Waals surface area contributed by atoms with Crippen LogP contribution in [0.1, 0.15) is 12.5 Å². The number of nitrogens with zero attached hydrogens (tertiary/aromatic N) is 2. The van der Waals surface area contributed by atoms with Crippen LogP contribution in [0.25, 0.3) is 0 Å². The number of rotatable bonds is 6. The molecule has 0 amide bonds. The van der Waals surface area contributed by atoms with Crippen molar-refractivity contribution >= 4 is 5.82 Å². The van der Waals surface area contributed by atoms with Crippen LogP contribution in [0.3, 0.4) is 0 Å². The van der Waals surface area contributed by atoms with Crippen molar-refractivity contribution in [3.63, 3.8) is 0 Å². The van der Waals surface area contributed by atoms with Crippen LogP contribution in [0.5, 0.6) is 0 Å². The molecule has 0 aliphatic heterocycles. The Morgan fingerprint density at radius 2 is 2.33 bits per heavy atom. The van der Waals surface area contributed by atoms with E-state index in [2.05, 4.69) is 4.98 Å². The maximum Gasteiger partial charge on any atom is 0.133 e. The summed E-state index contributed by atoms with van der Waals surface area (Å²) in [6.45, 7) is 4.16. The predicted octanol–water partition coefficient (Wildman–Crippen LogP) is 1.05. The van der Waals surface area contributed by atoms with Crippen LogP contribution >= 0.6 is 0 Å². The topological polar surface area (TPSA) is 45.6 Å². The van der Waals surface area contributed by atoms with E-state index in [9.17, 15) is 0 Å². The fraction of sp³-hybridized carbons (Fsp3) is 0.545. The third kappa shape index (κ3) is 3.49. The van der Waals surface area contributed by atoms with E-state index in [-0.39, 0.29) is 6.61 Å². The van der Waals surface area contributed by atoms with Crippen molar-refractivity contribution in [2.75, 3.05) is 31.7 Å². The summed E-state index contributed by atoms with van der Waals surface area (Å²) in [6, 6.07) is 3.70. The smallest absolute Gasteiger partial charge is 0.133 e. The highest BCUT2D eigenvalue weighted by Crippen LogP contribution is 2.14. The van der Waals surface area contributed by atoms with Crippen LogP contribution in [0, 0.1) is 0 Å². The Kier molecular flexibility index (Phi) is 5.07. The molecule has 0 unspecified atom stereocenters. The van der Waals surface area contributed by atoms with Crippen molar-refractivity contribution in [3.8, 4) is 0 Å². The van der Waals surface area contributed by atoms with Gasteiger partial charge in [-0.15, -0.1) is 0 Å². The molecule has 1 heterocycles. The minimum Gasteiger partial charge on any atom is -0.392 e. The molecule has 0 bridgehead atoms. The van der Waals surface area contributed by atoms with E-state index in [1.165, 1.54) is 0 Å². The molecule has 15 heavy (non-hydrogen) atoms. The molecule has 1 aromatic heterocycles. The molecule has 1 aromatic rings. The number of aliphatic hydroxyl groups excluding tert-OH is 1. The van der Waals surface area contributed by atoms with Gasteiger partial charge in [0.2, 0.25) is 0 Å². The lowest BCUT2D eigenvalue weighted by atomic mass is 10.2. The van der Waals surface area contributed by atoms with Crippen LogP contribution in [-0.4, -0.2) is 36.9 Å². The normalized spacial score (nSPS) is 10.3. The second-order valence-electron chi connectivity index (χ2n) is 3.26. The van der Waals surface area contributed by atoms with Crippen LogP contribution in [0.15, 0.2) is 18.3 Å². The zero-order valence-electron chi connectivity index (χ0n) is 9.31. The van der Waals surface area contributed by atoms with Gasteiger partial charge >= 0.3 is 0 Å². The van der Waals surface area contributed by atoms with Crippen molar-refractivity contribution in [1.29, 1.82) is 0 Å². The van der Waals surface area contributed by atoms with E-state index in [4.69, 9.17) is 9.84 Å². The number of hydrogen-bond donors (Lipinski definition) is 1. The Balaban J connectivity index is 2.59. The Labute approximate surface area is 90.5 Å². The second-order valence-corrected chi connectivity index (χ2v) is 3.26. The highest BCUT2D eigenvalue weighted by Gasteiger charge is 2.06. The van der Waals surface area contributed by atoms with Crippen LogP contribution < -0.4 is 4.90 Å². The first kappa shape index (κ1) is 11.9. The Morgan fingerprint density at radius 3 is 3.00 bits per heavy atom. The van der Waals surface area contributed by atoms with Gasteiger partial charge in [0.1, 0.15) is 5.82 Å². The van der Waals surface area contributed by atoms with Gasteiger partial charge < -0.3 is 14.7 Å². The molecule has 4 heteroatoms. The lowest BCUT2D eigenvalue weighted by molar-refractivity contribution is 0.154. The van der Waals surface area contributed by atoms with Gasteiger partial charge in [-0.2, -0.15) is 0 Å².